The number of carbonyl (C=O) groups excluding carboxylic acids is 1. The largest absolute Gasteiger partial charge is 0.364 e. The van der Waals surface area contributed by atoms with Crippen molar-refractivity contribution in [3.63, 3.8) is 0 Å². The molecule has 1 fully saturated rings. The van der Waals surface area contributed by atoms with E-state index in [0.717, 1.165) is 50.7 Å². The Labute approximate surface area is 167 Å². The average molecular weight is 402 g/mol. The van der Waals surface area contributed by atoms with Gasteiger partial charge >= 0.3 is 0 Å². The summed E-state index contributed by atoms with van der Waals surface area (Å²) in [6.07, 6.45) is 8.73. The lowest BCUT2D eigenvalue weighted by molar-refractivity contribution is 0.0911. The number of rotatable bonds is 4. The fraction of sp³-hybridized carbons (Fsp3) is 0.476. The number of fused-ring (bicyclic) bond motifs is 1. The highest BCUT2D eigenvalue weighted by Crippen LogP contribution is 2.33. The van der Waals surface area contributed by atoms with Gasteiger partial charge in [-0.3, -0.25) is 4.79 Å². The average Bonchev–Trinajstić information content (AvgIpc) is 3.30. The molecule has 1 aliphatic carbocycles. The molecule has 1 atom stereocenters. The maximum atomic E-state index is 14.2. The Bertz CT molecular complexity index is 966. The van der Waals surface area contributed by atoms with Gasteiger partial charge in [0.05, 0.1) is 11.7 Å². The lowest BCUT2D eigenvalue weighted by atomic mass is 9.85. The molecule has 0 saturated heterocycles. The van der Waals surface area contributed by atoms with E-state index in [0.29, 0.717) is 17.1 Å². The Balaban J connectivity index is 1.71. The molecule has 0 aliphatic heterocycles. The van der Waals surface area contributed by atoms with Crippen LogP contribution in [0.4, 0.5) is 8.78 Å². The second kappa shape index (κ2) is 8.31. The van der Waals surface area contributed by atoms with Crippen molar-refractivity contribution in [1.29, 1.82) is 0 Å². The van der Waals surface area contributed by atoms with Gasteiger partial charge in [-0.25, -0.2) is 13.8 Å². The molecule has 4 rings (SSSR count). The number of aryl methyl sites for hydroxylation is 1. The minimum absolute atomic E-state index is 0.0197. The number of H-pyrrole nitrogens is 1. The van der Waals surface area contributed by atoms with Gasteiger partial charge in [-0.05, 0) is 37.8 Å². The minimum Gasteiger partial charge on any atom is -0.364 e. The van der Waals surface area contributed by atoms with Crippen LogP contribution in [0, 0.1) is 24.5 Å². The van der Waals surface area contributed by atoms with Crippen molar-refractivity contribution in [3.05, 3.63) is 47.1 Å². The third kappa shape index (κ3) is 4.02. The van der Waals surface area contributed by atoms with Crippen LogP contribution in [-0.4, -0.2) is 21.0 Å². The van der Waals surface area contributed by atoms with E-state index >= 15 is 0 Å². The first kappa shape index (κ1) is 19.5. The van der Waals surface area contributed by atoms with Crippen molar-refractivity contribution in [2.45, 2.75) is 57.9 Å². The smallest absolute Gasteiger partial charge is 0.257 e. The predicted molar refractivity (Wildman–Crippen MR) is 103 cm³/mol. The van der Waals surface area contributed by atoms with Crippen LogP contribution in [0.25, 0.3) is 11.0 Å². The fourth-order valence-corrected chi connectivity index (χ4v) is 4.15. The quantitative estimate of drug-likeness (QED) is 0.645. The van der Waals surface area contributed by atoms with Crippen molar-refractivity contribution in [3.8, 4) is 0 Å². The summed E-state index contributed by atoms with van der Waals surface area (Å²) in [5.74, 6) is -1.01. The van der Waals surface area contributed by atoms with Crippen molar-refractivity contribution < 1.29 is 18.1 Å². The molecule has 1 aliphatic rings. The molecular formula is C21H24F2N4O2. The van der Waals surface area contributed by atoms with Crippen LogP contribution in [0.5, 0.6) is 0 Å². The maximum Gasteiger partial charge on any atom is 0.257 e. The van der Waals surface area contributed by atoms with E-state index in [1.54, 1.807) is 6.92 Å². The van der Waals surface area contributed by atoms with Gasteiger partial charge in [-0.1, -0.05) is 37.3 Å². The van der Waals surface area contributed by atoms with Crippen LogP contribution >= 0.6 is 0 Å². The molecular weight excluding hydrogens is 378 g/mol. The summed E-state index contributed by atoms with van der Waals surface area (Å²) in [6, 6.07) is 1.65. The van der Waals surface area contributed by atoms with Crippen LogP contribution in [0.1, 0.15) is 72.9 Å². The van der Waals surface area contributed by atoms with E-state index in [4.69, 9.17) is 4.52 Å². The second-order valence-corrected chi connectivity index (χ2v) is 7.74. The van der Waals surface area contributed by atoms with Crippen LogP contribution < -0.4 is 5.32 Å². The Morgan fingerprint density at radius 2 is 1.86 bits per heavy atom. The van der Waals surface area contributed by atoms with Crippen molar-refractivity contribution in [1.82, 2.24) is 20.4 Å². The fourth-order valence-electron chi connectivity index (χ4n) is 4.15. The second-order valence-electron chi connectivity index (χ2n) is 7.74. The van der Waals surface area contributed by atoms with E-state index in [1.807, 2.05) is 0 Å². The molecule has 1 amide bonds. The molecule has 2 aromatic heterocycles. The molecule has 6 nitrogen and oxygen atoms in total. The predicted octanol–water partition coefficient (Wildman–Crippen LogP) is 4.97. The maximum absolute atomic E-state index is 14.2. The minimum atomic E-state index is -0.596. The summed E-state index contributed by atoms with van der Waals surface area (Å²) in [5, 5.41) is 6.77. The Morgan fingerprint density at radius 3 is 2.52 bits per heavy atom. The van der Waals surface area contributed by atoms with E-state index in [1.165, 1.54) is 12.7 Å². The number of amides is 1. The van der Waals surface area contributed by atoms with Crippen LogP contribution in [-0.2, 0) is 0 Å². The molecule has 1 aromatic carbocycles. The molecule has 1 saturated carbocycles. The van der Waals surface area contributed by atoms with Gasteiger partial charge in [0.15, 0.2) is 5.82 Å². The first-order valence-corrected chi connectivity index (χ1v) is 10.1. The van der Waals surface area contributed by atoms with Crippen LogP contribution in [0.15, 0.2) is 22.9 Å². The van der Waals surface area contributed by atoms with E-state index in [9.17, 15) is 13.6 Å². The zero-order chi connectivity index (χ0) is 20.4. The summed E-state index contributed by atoms with van der Waals surface area (Å²) >= 11 is 0. The molecule has 0 bridgehead atoms. The van der Waals surface area contributed by atoms with E-state index in [2.05, 4.69) is 20.4 Å². The summed E-state index contributed by atoms with van der Waals surface area (Å²) in [4.78, 5) is 20.1. The first-order valence-electron chi connectivity index (χ1n) is 10.1. The number of benzene rings is 1. The highest BCUT2D eigenvalue weighted by Gasteiger charge is 2.30. The summed E-state index contributed by atoms with van der Waals surface area (Å²) in [5.41, 5.74) is 0.799. The van der Waals surface area contributed by atoms with Gasteiger partial charge in [0.25, 0.3) is 5.91 Å². The molecule has 2 N–H and O–H groups in total. The SMILES string of the molecule is Cc1nocc1C(=O)NC(c1nc2c(F)ccc(F)c2[nH]1)C1CCCCCCC1. The normalized spacial score (nSPS) is 17.1. The van der Waals surface area contributed by atoms with E-state index in [-0.39, 0.29) is 22.9 Å². The van der Waals surface area contributed by atoms with Gasteiger partial charge in [0, 0.05) is 0 Å². The Kier molecular flexibility index (Phi) is 5.60. The molecule has 3 aromatic rings. The number of halogens is 2. The summed E-state index contributed by atoms with van der Waals surface area (Å²) in [7, 11) is 0. The lowest BCUT2D eigenvalue weighted by Crippen LogP contribution is -2.35. The Morgan fingerprint density at radius 1 is 1.17 bits per heavy atom. The number of carbonyl (C=O) groups is 1. The van der Waals surface area contributed by atoms with E-state index < -0.39 is 17.7 Å². The number of imidazole rings is 1. The lowest BCUT2D eigenvalue weighted by Gasteiger charge is -2.28. The van der Waals surface area contributed by atoms with Crippen molar-refractivity contribution in [2.24, 2.45) is 5.92 Å². The molecule has 1 unspecified atom stereocenters. The highest BCUT2D eigenvalue weighted by molar-refractivity contribution is 5.95. The molecule has 2 heterocycles. The van der Waals surface area contributed by atoms with Gasteiger partial charge in [-0.2, -0.15) is 0 Å². The molecule has 29 heavy (non-hydrogen) atoms. The van der Waals surface area contributed by atoms with Gasteiger partial charge < -0.3 is 14.8 Å². The first-order chi connectivity index (χ1) is 14.0. The topological polar surface area (TPSA) is 83.8 Å². The monoisotopic (exact) mass is 402 g/mol. The summed E-state index contributed by atoms with van der Waals surface area (Å²) < 4.78 is 33.3. The molecule has 154 valence electrons. The van der Waals surface area contributed by atoms with Crippen molar-refractivity contribution in [2.75, 3.05) is 0 Å². The zero-order valence-corrected chi connectivity index (χ0v) is 16.3. The molecule has 0 spiro atoms. The van der Waals surface area contributed by atoms with Crippen molar-refractivity contribution >= 4 is 16.9 Å². The molecule has 8 heteroatoms. The van der Waals surface area contributed by atoms with Crippen LogP contribution in [0.2, 0.25) is 0 Å². The zero-order valence-electron chi connectivity index (χ0n) is 16.3. The van der Waals surface area contributed by atoms with Gasteiger partial charge in [-0.15, -0.1) is 0 Å². The number of hydrogen-bond acceptors (Lipinski definition) is 4. The number of nitrogens with zero attached hydrogens (tertiary/aromatic N) is 2. The molecule has 0 radical (unpaired) electrons. The highest BCUT2D eigenvalue weighted by atomic mass is 19.1. The number of aromatic nitrogens is 3. The van der Waals surface area contributed by atoms with Crippen LogP contribution in [0.3, 0.4) is 0 Å². The number of nitrogens with one attached hydrogen (secondary N) is 2. The summed E-state index contributed by atoms with van der Waals surface area (Å²) in [6.45, 7) is 1.69. The third-order valence-corrected chi connectivity index (χ3v) is 5.76. The van der Waals surface area contributed by atoms with Gasteiger partial charge in [0.2, 0.25) is 0 Å². The standard InChI is InChI=1S/C21H24F2N4O2/c1-12-14(11-29-27-12)21(28)26-17(13-7-5-3-2-4-6-8-13)20-24-18-15(22)9-10-16(23)19(18)25-20/h9-11,13,17H,2-8H2,1H3,(H,24,25)(H,26,28). The number of aromatic amines is 1. The van der Waals surface area contributed by atoms with Gasteiger partial charge in [0.1, 0.15) is 34.5 Å². The third-order valence-electron chi connectivity index (χ3n) is 5.76. The number of hydrogen-bond donors (Lipinski definition) is 2. The Hall–Kier alpha value is -2.77.